The number of ether oxygens (including phenoxy) is 1. The number of halogens is 4. The maximum atomic E-state index is 14.4. The highest BCUT2D eigenvalue weighted by Gasteiger charge is 2.35. The summed E-state index contributed by atoms with van der Waals surface area (Å²) in [6.07, 6.45) is 3.63. The van der Waals surface area contributed by atoms with Crippen molar-refractivity contribution in [2.24, 2.45) is 16.6 Å². The second-order valence-electron chi connectivity index (χ2n) is 7.79. The van der Waals surface area contributed by atoms with Crippen LogP contribution in [0.1, 0.15) is 18.9 Å². The van der Waals surface area contributed by atoms with Crippen molar-refractivity contribution in [1.82, 2.24) is 9.97 Å². The molecule has 32 heavy (non-hydrogen) atoms. The summed E-state index contributed by atoms with van der Waals surface area (Å²) in [4.78, 5) is 12.5. The van der Waals surface area contributed by atoms with E-state index < -0.39 is 24.4 Å². The van der Waals surface area contributed by atoms with Crippen LogP contribution in [0.5, 0.6) is 0 Å². The molecule has 0 aliphatic heterocycles. The van der Waals surface area contributed by atoms with Crippen LogP contribution in [0.2, 0.25) is 5.02 Å². The van der Waals surface area contributed by atoms with Crippen LogP contribution in [0, 0.1) is 17.6 Å². The summed E-state index contributed by atoms with van der Waals surface area (Å²) >= 11 is 5.97. The number of alkyl halides is 1. The Bertz CT molecular complexity index is 1180. The van der Waals surface area contributed by atoms with Crippen molar-refractivity contribution in [1.29, 1.82) is 0 Å². The van der Waals surface area contributed by atoms with Crippen LogP contribution >= 0.6 is 11.6 Å². The van der Waals surface area contributed by atoms with E-state index in [1.807, 2.05) is 6.92 Å². The molecule has 1 saturated carbocycles. The Morgan fingerprint density at radius 3 is 2.84 bits per heavy atom. The maximum absolute atomic E-state index is 14.4. The average molecular weight is 464 g/mol. The first kappa shape index (κ1) is 22.1. The normalized spacial score (nSPS) is 19.1. The van der Waals surface area contributed by atoms with Gasteiger partial charge in [0, 0.05) is 36.0 Å². The SMILES string of the molecule is CC1CC1OC(N)=N[C@H](CF)Cc1cc(Nc2nccc3cc(Cl)cnc23)cc(F)c1F. The highest BCUT2D eigenvalue weighted by Crippen LogP contribution is 2.32. The van der Waals surface area contributed by atoms with Crippen molar-refractivity contribution in [3.63, 3.8) is 0 Å². The number of rotatable bonds is 7. The molecule has 3 atom stereocenters. The first-order chi connectivity index (χ1) is 15.3. The fraction of sp³-hybridized carbons (Fsp3) is 0.318. The lowest BCUT2D eigenvalue weighted by molar-refractivity contribution is 0.265. The Hall–Kier alpha value is -3.07. The third kappa shape index (κ3) is 5.04. The molecule has 0 amide bonds. The number of nitrogens with zero attached hydrogens (tertiary/aromatic N) is 3. The van der Waals surface area contributed by atoms with E-state index in [9.17, 15) is 13.2 Å². The molecule has 2 unspecified atom stereocenters. The number of hydrogen-bond acceptors (Lipinski definition) is 5. The van der Waals surface area contributed by atoms with E-state index in [0.717, 1.165) is 17.9 Å². The molecule has 4 rings (SSSR count). The molecule has 0 saturated heterocycles. The minimum Gasteiger partial charge on any atom is -0.462 e. The van der Waals surface area contributed by atoms with Crippen LogP contribution in [0.15, 0.2) is 41.7 Å². The zero-order valence-corrected chi connectivity index (χ0v) is 17.9. The maximum Gasteiger partial charge on any atom is 0.282 e. The molecule has 168 valence electrons. The highest BCUT2D eigenvalue weighted by atomic mass is 35.5. The van der Waals surface area contributed by atoms with Gasteiger partial charge >= 0.3 is 0 Å². The summed E-state index contributed by atoms with van der Waals surface area (Å²) < 4.78 is 47.7. The van der Waals surface area contributed by atoms with Crippen LogP contribution < -0.4 is 11.1 Å². The molecule has 1 aliphatic carbocycles. The molecule has 2 aromatic heterocycles. The standard InChI is InChI=1S/C22H21ClF3N5O/c1-11-4-18(11)32-22(27)31-16(9-24)7-13-6-15(8-17(25)19(13)26)30-21-20-12(2-3-28-21)5-14(23)10-29-20/h2-3,5-6,8,10-11,16,18H,4,7,9H2,1H3,(H2,27,31)(H,28,30)/t11?,16-,18?/m0/s1. The Labute approximate surface area is 187 Å². The van der Waals surface area contributed by atoms with Crippen molar-refractivity contribution >= 4 is 40.0 Å². The number of nitrogens with one attached hydrogen (secondary N) is 1. The van der Waals surface area contributed by atoms with Gasteiger partial charge in [-0.3, -0.25) is 4.98 Å². The molecule has 2 heterocycles. The summed E-state index contributed by atoms with van der Waals surface area (Å²) in [5.41, 5.74) is 6.41. The topological polar surface area (TPSA) is 85.4 Å². The molecule has 6 nitrogen and oxygen atoms in total. The molecule has 1 fully saturated rings. The largest absolute Gasteiger partial charge is 0.462 e. The third-order valence-electron chi connectivity index (χ3n) is 5.18. The molecule has 0 spiro atoms. The number of fused-ring (bicyclic) bond motifs is 1. The van der Waals surface area contributed by atoms with Crippen LogP contribution in [0.3, 0.4) is 0 Å². The van der Waals surface area contributed by atoms with Gasteiger partial charge in [-0.1, -0.05) is 18.5 Å². The van der Waals surface area contributed by atoms with E-state index in [0.29, 0.717) is 22.3 Å². The summed E-state index contributed by atoms with van der Waals surface area (Å²) in [6.45, 7) is 1.09. The Morgan fingerprint density at radius 2 is 2.12 bits per heavy atom. The predicted molar refractivity (Wildman–Crippen MR) is 118 cm³/mol. The molecule has 0 bridgehead atoms. The molecule has 3 N–H and O–H groups in total. The molecular weight excluding hydrogens is 443 g/mol. The molecule has 3 aromatic rings. The summed E-state index contributed by atoms with van der Waals surface area (Å²) in [6, 6.07) is 4.66. The lowest BCUT2D eigenvalue weighted by atomic mass is 10.1. The predicted octanol–water partition coefficient (Wildman–Crippen LogP) is 4.93. The monoisotopic (exact) mass is 463 g/mol. The van der Waals surface area contributed by atoms with E-state index >= 15 is 0 Å². The third-order valence-corrected chi connectivity index (χ3v) is 5.39. The van der Waals surface area contributed by atoms with Crippen LogP contribution in [-0.4, -0.2) is 34.8 Å². The van der Waals surface area contributed by atoms with Gasteiger partial charge in [0.15, 0.2) is 17.5 Å². The Kier molecular flexibility index (Phi) is 6.36. The minimum atomic E-state index is -1.08. The Morgan fingerprint density at radius 1 is 1.34 bits per heavy atom. The van der Waals surface area contributed by atoms with Gasteiger partial charge in [-0.05, 0) is 36.1 Å². The van der Waals surface area contributed by atoms with Gasteiger partial charge in [0.1, 0.15) is 18.3 Å². The van der Waals surface area contributed by atoms with E-state index in [2.05, 4.69) is 20.3 Å². The summed E-state index contributed by atoms with van der Waals surface area (Å²) in [5, 5.41) is 4.13. The van der Waals surface area contributed by atoms with E-state index in [4.69, 9.17) is 22.1 Å². The van der Waals surface area contributed by atoms with Gasteiger partial charge in [-0.15, -0.1) is 0 Å². The number of amidine groups is 1. The lowest BCUT2D eigenvalue weighted by Crippen LogP contribution is -2.24. The van der Waals surface area contributed by atoms with E-state index in [1.165, 1.54) is 12.3 Å². The quantitative estimate of drug-likeness (QED) is 0.383. The first-order valence-corrected chi connectivity index (χ1v) is 10.4. The van der Waals surface area contributed by atoms with Gasteiger partial charge in [-0.2, -0.15) is 0 Å². The fourth-order valence-electron chi connectivity index (χ4n) is 3.33. The number of anilines is 2. The van der Waals surface area contributed by atoms with Gasteiger partial charge in [-0.25, -0.2) is 23.1 Å². The fourth-order valence-corrected chi connectivity index (χ4v) is 3.50. The van der Waals surface area contributed by atoms with Crippen LogP contribution in [-0.2, 0) is 11.2 Å². The number of aliphatic imine (C=N–C) groups is 1. The smallest absolute Gasteiger partial charge is 0.282 e. The van der Waals surface area contributed by atoms with Gasteiger partial charge in [0.05, 0.1) is 11.1 Å². The first-order valence-electron chi connectivity index (χ1n) is 10.0. The second kappa shape index (κ2) is 9.20. The van der Waals surface area contributed by atoms with Crippen LogP contribution in [0.4, 0.5) is 24.7 Å². The Balaban J connectivity index is 1.57. The molecule has 0 radical (unpaired) electrons. The zero-order chi connectivity index (χ0) is 22.8. The van der Waals surface area contributed by atoms with Crippen LogP contribution in [0.25, 0.3) is 10.9 Å². The van der Waals surface area contributed by atoms with E-state index in [1.54, 1.807) is 18.3 Å². The van der Waals surface area contributed by atoms with Crippen molar-refractivity contribution in [3.8, 4) is 0 Å². The van der Waals surface area contributed by atoms with Gasteiger partial charge in [0.25, 0.3) is 6.02 Å². The lowest BCUT2D eigenvalue weighted by Gasteiger charge is -2.14. The summed E-state index contributed by atoms with van der Waals surface area (Å²) in [5.74, 6) is -1.45. The average Bonchev–Trinajstić information content (AvgIpc) is 3.44. The highest BCUT2D eigenvalue weighted by molar-refractivity contribution is 6.31. The van der Waals surface area contributed by atoms with Crippen molar-refractivity contribution in [2.75, 3.05) is 12.0 Å². The van der Waals surface area contributed by atoms with Crippen molar-refractivity contribution in [2.45, 2.75) is 31.9 Å². The van der Waals surface area contributed by atoms with E-state index in [-0.39, 0.29) is 29.8 Å². The molecule has 1 aromatic carbocycles. The van der Waals surface area contributed by atoms with Crippen molar-refractivity contribution < 1.29 is 17.9 Å². The number of benzene rings is 1. The molecule has 10 heteroatoms. The molecule has 1 aliphatic rings. The summed E-state index contributed by atoms with van der Waals surface area (Å²) in [7, 11) is 0. The number of aromatic nitrogens is 2. The number of hydrogen-bond donors (Lipinski definition) is 2. The van der Waals surface area contributed by atoms with Gasteiger partial charge < -0.3 is 15.8 Å². The van der Waals surface area contributed by atoms with Gasteiger partial charge in [0.2, 0.25) is 0 Å². The minimum absolute atomic E-state index is 0.0302. The number of pyridine rings is 2. The van der Waals surface area contributed by atoms with Crippen molar-refractivity contribution in [3.05, 3.63) is 58.9 Å². The number of nitrogens with two attached hydrogens (primary N) is 1. The zero-order valence-electron chi connectivity index (χ0n) is 17.2. The second-order valence-corrected chi connectivity index (χ2v) is 8.23. The molecular formula is C22H21ClF3N5O.